The van der Waals surface area contributed by atoms with Crippen LogP contribution in [0.15, 0.2) is 101 Å². The number of fused-ring (bicyclic) bond motifs is 1. The molecule has 0 bridgehead atoms. The molecule has 0 radical (unpaired) electrons. The number of amides is 1. The molecule has 0 aromatic heterocycles. The van der Waals surface area contributed by atoms with Crippen molar-refractivity contribution in [2.75, 3.05) is 0 Å². The molecule has 0 atom stereocenters. The Morgan fingerprint density at radius 3 is 2.53 bits per heavy atom. The molecule has 0 spiro atoms. The van der Waals surface area contributed by atoms with Crippen molar-refractivity contribution in [3.63, 3.8) is 0 Å². The van der Waals surface area contributed by atoms with Gasteiger partial charge < -0.3 is 4.74 Å². The van der Waals surface area contributed by atoms with Crippen LogP contribution in [0, 0.1) is 0 Å². The van der Waals surface area contributed by atoms with Gasteiger partial charge in [0.05, 0.1) is 6.21 Å². The third kappa shape index (κ3) is 5.13. The van der Waals surface area contributed by atoms with E-state index in [0.29, 0.717) is 12.2 Å². The maximum Gasteiger partial charge on any atom is 0.271 e. The molecule has 1 N–H and O–H groups in total. The molecule has 0 heterocycles. The van der Waals surface area contributed by atoms with Gasteiger partial charge in [-0.3, -0.25) is 4.79 Å². The van der Waals surface area contributed by atoms with Crippen LogP contribution in [0.3, 0.4) is 0 Å². The van der Waals surface area contributed by atoms with E-state index in [2.05, 4.69) is 26.5 Å². The van der Waals surface area contributed by atoms with Crippen LogP contribution < -0.4 is 10.2 Å². The third-order valence-corrected chi connectivity index (χ3v) is 5.10. The van der Waals surface area contributed by atoms with Gasteiger partial charge in [0.1, 0.15) is 12.4 Å². The maximum absolute atomic E-state index is 12.4. The van der Waals surface area contributed by atoms with Crippen LogP contribution in [-0.2, 0) is 6.61 Å². The Morgan fingerprint density at radius 2 is 1.70 bits per heavy atom. The number of halogens is 1. The highest BCUT2D eigenvalue weighted by Crippen LogP contribution is 2.17. The predicted octanol–water partition coefficient (Wildman–Crippen LogP) is 5.95. The Balaban J connectivity index is 1.36. The predicted molar refractivity (Wildman–Crippen MR) is 124 cm³/mol. The molecule has 4 rings (SSSR count). The molecule has 0 unspecified atom stereocenters. The second-order valence-corrected chi connectivity index (χ2v) is 7.66. The zero-order chi connectivity index (χ0) is 20.8. The molecule has 148 valence electrons. The van der Waals surface area contributed by atoms with Crippen LogP contribution in [0.2, 0.25) is 0 Å². The fourth-order valence-electron chi connectivity index (χ4n) is 2.99. The lowest BCUT2D eigenvalue weighted by atomic mass is 10.1. The molecule has 30 heavy (non-hydrogen) atoms. The normalized spacial score (nSPS) is 11.0. The van der Waals surface area contributed by atoms with Crippen LogP contribution in [0.4, 0.5) is 0 Å². The van der Waals surface area contributed by atoms with Crippen LogP contribution in [-0.4, -0.2) is 12.1 Å². The molecule has 0 aliphatic heterocycles. The van der Waals surface area contributed by atoms with Gasteiger partial charge in [-0.1, -0.05) is 70.5 Å². The van der Waals surface area contributed by atoms with E-state index in [0.717, 1.165) is 32.1 Å². The van der Waals surface area contributed by atoms with Gasteiger partial charge in [-0.2, -0.15) is 5.10 Å². The van der Waals surface area contributed by atoms with E-state index < -0.39 is 0 Å². The van der Waals surface area contributed by atoms with Crippen molar-refractivity contribution in [3.8, 4) is 5.75 Å². The summed E-state index contributed by atoms with van der Waals surface area (Å²) >= 11 is 3.43. The highest BCUT2D eigenvalue weighted by Gasteiger charge is 2.05. The minimum Gasteiger partial charge on any atom is -0.489 e. The number of hydrogen-bond donors (Lipinski definition) is 1. The summed E-state index contributed by atoms with van der Waals surface area (Å²) in [6, 6.07) is 29.1. The van der Waals surface area contributed by atoms with Gasteiger partial charge in [0.15, 0.2) is 0 Å². The first-order chi connectivity index (χ1) is 14.7. The summed E-state index contributed by atoms with van der Waals surface area (Å²) < 4.78 is 6.88. The van der Waals surface area contributed by atoms with Gasteiger partial charge in [-0.15, -0.1) is 0 Å². The highest BCUT2D eigenvalue weighted by atomic mass is 79.9. The van der Waals surface area contributed by atoms with Gasteiger partial charge in [0.25, 0.3) is 5.91 Å². The van der Waals surface area contributed by atoms with E-state index in [1.807, 2.05) is 84.9 Å². The molecule has 0 saturated heterocycles. The van der Waals surface area contributed by atoms with Crippen molar-refractivity contribution in [2.24, 2.45) is 5.10 Å². The number of hydrogen-bond acceptors (Lipinski definition) is 3. The smallest absolute Gasteiger partial charge is 0.271 e. The van der Waals surface area contributed by atoms with E-state index in [1.165, 1.54) is 0 Å². The second kappa shape index (κ2) is 9.37. The average Bonchev–Trinajstić information content (AvgIpc) is 2.78. The Kier molecular flexibility index (Phi) is 6.20. The number of nitrogens with zero attached hydrogens (tertiary/aromatic N) is 1. The quantitative estimate of drug-likeness (QED) is 0.286. The molecule has 0 saturated carbocycles. The SMILES string of the molecule is O=C(N/N=C\c1cccc(OCc2ccc(Br)cc2)c1)c1ccc2ccccc2c1. The fourth-order valence-corrected chi connectivity index (χ4v) is 3.26. The van der Waals surface area contributed by atoms with Crippen molar-refractivity contribution in [1.82, 2.24) is 5.43 Å². The minimum absolute atomic E-state index is 0.250. The molecule has 0 fully saturated rings. The number of carbonyl (C=O) groups excluding carboxylic acids is 1. The summed E-state index contributed by atoms with van der Waals surface area (Å²) in [7, 11) is 0. The van der Waals surface area contributed by atoms with Crippen molar-refractivity contribution >= 4 is 38.8 Å². The van der Waals surface area contributed by atoms with Gasteiger partial charge in [0.2, 0.25) is 0 Å². The maximum atomic E-state index is 12.4. The fraction of sp³-hybridized carbons (Fsp3) is 0.0400. The summed E-state index contributed by atoms with van der Waals surface area (Å²) in [4.78, 5) is 12.4. The summed E-state index contributed by atoms with van der Waals surface area (Å²) in [5, 5.41) is 6.19. The summed E-state index contributed by atoms with van der Waals surface area (Å²) in [5.74, 6) is 0.488. The number of rotatable bonds is 6. The molecule has 4 aromatic carbocycles. The lowest BCUT2D eigenvalue weighted by molar-refractivity contribution is 0.0955. The molecule has 4 aromatic rings. The van der Waals surface area contributed by atoms with Gasteiger partial charge in [0, 0.05) is 10.0 Å². The van der Waals surface area contributed by atoms with Crippen molar-refractivity contribution in [1.29, 1.82) is 0 Å². The van der Waals surface area contributed by atoms with E-state index in [1.54, 1.807) is 12.3 Å². The van der Waals surface area contributed by atoms with E-state index in [-0.39, 0.29) is 5.91 Å². The Morgan fingerprint density at radius 1 is 0.900 bits per heavy atom. The number of hydrazone groups is 1. The van der Waals surface area contributed by atoms with Gasteiger partial charge in [-0.25, -0.2) is 5.43 Å². The van der Waals surface area contributed by atoms with E-state index in [9.17, 15) is 4.79 Å². The number of ether oxygens (including phenoxy) is 1. The number of benzene rings is 4. The zero-order valence-corrected chi connectivity index (χ0v) is 17.7. The Bertz CT molecular complexity index is 1200. The molecule has 0 aliphatic carbocycles. The monoisotopic (exact) mass is 458 g/mol. The molecule has 5 heteroatoms. The second-order valence-electron chi connectivity index (χ2n) is 6.75. The first-order valence-electron chi connectivity index (χ1n) is 9.47. The molecular weight excluding hydrogens is 440 g/mol. The third-order valence-electron chi connectivity index (χ3n) is 4.57. The largest absolute Gasteiger partial charge is 0.489 e. The summed E-state index contributed by atoms with van der Waals surface area (Å²) in [5.41, 5.74) is 5.07. The van der Waals surface area contributed by atoms with Crippen molar-refractivity contribution in [2.45, 2.75) is 6.61 Å². The molecular formula is C25H19BrN2O2. The molecule has 0 aliphatic rings. The zero-order valence-electron chi connectivity index (χ0n) is 16.1. The topological polar surface area (TPSA) is 50.7 Å². The standard InChI is InChI=1S/C25H19BrN2O2/c26-23-12-8-18(9-13-23)17-30-24-7-3-4-19(14-24)16-27-28-25(29)22-11-10-20-5-1-2-6-21(20)15-22/h1-16H,17H2,(H,28,29)/b27-16-. The molecule has 1 amide bonds. The van der Waals surface area contributed by atoms with Crippen LogP contribution in [0.25, 0.3) is 10.8 Å². The Hall–Kier alpha value is -3.44. The summed E-state index contributed by atoms with van der Waals surface area (Å²) in [6.45, 7) is 0.479. The molecule has 4 nitrogen and oxygen atoms in total. The minimum atomic E-state index is -0.250. The lowest BCUT2D eigenvalue weighted by Crippen LogP contribution is -2.17. The Labute approximate surface area is 183 Å². The first-order valence-corrected chi connectivity index (χ1v) is 10.3. The van der Waals surface area contributed by atoms with Crippen LogP contribution >= 0.6 is 15.9 Å². The van der Waals surface area contributed by atoms with Crippen LogP contribution in [0.1, 0.15) is 21.5 Å². The highest BCUT2D eigenvalue weighted by molar-refractivity contribution is 9.10. The average molecular weight is 459 g/mol. The van der Waals surface area contributed by atoms with E-state index in [4.69, 9.17) is 4.74 Å². The van der Waals surface area contributed by atoms with E-state index >= 15 is 0 Å². The number of nitrogens with one attached hydrogen (secondary N) is 1. The van der Waals surface area contributed by atoms with Crippen LogP contribution in [0.5, 0.6) is 5.75 Å². The van der Waals surface area contributed by atoms with Gasteiger partial charge in [-0.05, 0) is 58.3 Å². The lowest BCUT2D eigenvalue weighted by Gasteiger charge is -2.07. The first kappa shape index (κ1) is 19.9. The summed E-state index contributed by atoms with van der Waals surface area (Å²) in [6.07, 6.45) is 1.60. The van der Waals surface area contributed by atoms with Crippen molar-refractivity contribution in [3.05, 3.63) is 112 Å². The van der Waals surface area contributed by atoms with Gasteiger partial charge >= 0.3 is 0 Å². The van der Waals surface area contributed by atoms with Crippen molar-refractivity contribution < 1.29 is 9.53 Å². The number of carbonyl (C=O) groups is 1.